The molecule has 0 saturated heterocycles. The van der Waals surface area contributed by atoms with Crippen LogP contribution in [0.15, 0.2) is 28.8 Å². The third-order valence-electron chi connectivity index (χ3n) is 1.77. The molecule has 2 heteroatoms. The van der Waals surface area contributed by atoms with Gasteiger partial charge in [-0.05, 0) is 6.92 Å². The van der Waals surface area contributed by atoms with Crippen molar-refractivity contribution < 1.29 is 0 Å². The molecule has 1 aliphatic heterocycles. The van der Waals surface area contributed by atoms with Crippen LogP contribution >= 0.6 is 11.8 Å². The predicted molar refractivity (Wildman–Crippen MR) is 46.6 cm³/mol. The minimum atomic E-state index is 0.425. The van der Waals surface area contributed by atoms with Gasteiger partial charge in [0.25, 0.3) is 0 Å². The summed E-state index contributed by atoms with van der Waals surface area (Å²) < 4.78 is 0. The van der Waals surface area contributed by atoms with Gasteiger partial charge in [0.05, 0.1) is 16.8 Å². The summed E-state index contributed by atoms with van der Waals surface area (Å²) in [6.45, 7) is 2.13. The van der Waals surface area contributed by atoms with Crippen LogP contribution in [0.4, 0.5) is 0 Å². The second kappa shape index (κ2) is 2.27. The number of aliphatic imine (C=N–C) groups is 1. The van der Waals surface area contributed by atoms with Crippen LogP contribution in [0.25, 0.3) is 0 Å². The van der Waals surface area contributed by atoms with Gasteiger partial charge in [0, 0.05) is 0 Å². The van der Waals surface area contributed by atoms with Gasteiger partial charge >= 0.3 is 0 Å². The van der Waals surface area contributed by atoms with E-state index in [2.05, 4.69) is 30.1 Å². The van der Waals surface area contributed by atoms with Crippen molar-refractivity contribution in [3.05, 3.63) is 23.8 Å². The SMILES string of the molecule is CC1=CC2SC=NC2C=C1. The van der Waals surface area contributed by atoms with Crippen molar-refractivity contribution in [1.82, 2.24) is 0 Å². The summed E-state index contributed by atoms with van der Waals surface area (Å²) in [6.07, 6.45) is 6.60. The van der Waals surface area contributed by atoms with Crippen LogP contribution in [-0.4, -0.2) is 16.8 Å². The molecule has 0 aromatic carbocycles. The molecular formula is C8H9NS. The van der Waals surface area contributed by atoms with Crippen molar-refractivity contribution in [3.8, 4) is 0 Å². The Labute approximate surface area is 64.9 Å². The fourth-order valence-corrected chi connectivity index (χ4v) is 2.17. The van der Waals surface area contributed by atoms with Gasteiger partial charge in [-0.15, -0.1) is 11.8 Å². The fraction of sp³-hybridized carbons (Fsp3) is 0.375. The molecule has 0 saturated carbocycles. The summed E-state index contributed by atoms with van der Waals surface area (Å²) >= 11 is 1.81. The molecule has 0 N–H and O–H groups in total. The molecule has 52 valence electrons. The second-order valence-corrected chi connectivity index (χ2v) is 3.64. The lowest BCUT2D eigenvalue weighted by Gasteiger charge is -2.13. The zero-order chi connectivity index (χ0) is 6.97. The smallest absolute Gasteiger partial charge is 0.0846 e. The summed E-state index contributed by atoms with van der Waals surface area (Å²) in [7, 11) is 0. The Morgan fingerprint density at radius 3 is 3.40 bits per heavy atom. The molecule has 0 bridgehead atoms. The lowest BCUT2D eigenvalue weighted by atomic mass is 10.0. The standard InChI is InChI=1S/C8H9NS/c1-6-2-3-7-8(4-6)10-5-9-7/h2-5,7-8H,1H3. The normalized spacial score (nSPS) is 35.9. The zero-order valence-electron chi connectivity index (χ0n) is 5.82. The first kappa shape index (κ1) is 6.23. The number of hydrogen-bond acceptors (Lipinski definition) is 2. The van der Waals surface area contributed by atoms with Crippen LogP contribution in [0.1, 0.15) is 6.92 Å². The Morgan fingerprint density at radius 2 is 2.50 bits per heavy atom. The Balaban J connectivity index is 2.25. The van der Waals surface area contributed by atoms with E-state index in [-0.39, 0.29) is 0 Å². The van der Waals surface area contributed by atoms with E-state index >= 15 is 0 Å². The Bertz CT molecular complexity index is 227. The number of rotatable bonds is 0. The highest BCUT2D eigenvalue weighted by Gasteiger charge is 2.22. The molecule has 1 aliphatic carbocycles. The van der Waals surface area contributed by atoms with Gasteiger partial charge in [0.15, 0.2) is 0 Å². The van der Waals surface area contributed by atoms with Crippen molar-refractivity contribution in [2.45, 2.75) is 18.2 Å². The zero-order valence-corrected chi connectivity index (χ0v) is 6.64. The van der Waals surface area contributed by atoms with Crippen molar-refractivity contribution in [2.24, 2.45) is 4.99 Å². The third kappa shape index (κ3) is 0.926. The van der Waals surface area contributed by atoms with Crippen LogP contribution in [0.2, 0.25) is 0 Å². The highest BCUT2D eigenvalue weighted by Crippen LogP contribution is 2.28. The monoisotopic (exact) mass is 151 g/mol. The molecule has 2 unspecified atom stereocenters. The molecule has 2 rings (SSSR count). The van der Waals surface area contributed by atoms with E-state index in [1.54, 1.807) is 0 Å². The van der Waals surface area contributed by atoms with Gasteiger partial charge in [-0.1, -0.05) is 23.8 Å². The van der Waals surface area contributed by atoms with Crippen LogP contribution in [0.3, 0.4) is 0 Å². The van der Waals surface area contributed by atoms with E-state index in [1.165, 1.54) is 5.57 Å². The van der Waals surface area contributed by atoms with E-state index in [0.717, 1.165) is 0 Å². The lowest BCUT2D eigenvalue weighted by Crippen LogP contribution is -2.14. The van der Waals surface area contributed by atoms with Gasteiger partial charge < -0.3 is 0 Å². The first-order chi connectivity index (χ1) is 4.86. The maximum Gasteiger partial charge on any atom is 0.0846 e. The fourth-order valence-electron chi connectivity index (χ4n) is 1.20. The summed E-state index contributed by atoms with van der Waals surface area (Å²) in [5.74, 6) is 0. The first-order valence-electron chi connectivity index (χ1n) is 3.40. The minimum Gasteiger partial charge on any atom is -0.277 e. The minimum absolute atomic E-state index is 0.425. The van der Waals surface area contributed by atoms with Gasteiger partial charge in [-0.25, -0.2) is 0 Å². The largest absolute Gasteiger partial charge is 0.277 e. The van der Waals surface area contributed by atoms with Gasteiger partial charge in [-0.2, -0.15) is 0 Å². The molecule has 10 heavy (non-hydrogen) atoms. The van der Waals surface area contributed by atoms with E-state index in [9.17, 15) is 0 Å². The molecule has 2 aliphatic rings. The Morgan fingerprint density at radius 1 is 1.60 bits per heavy atom. The van der Waals surface area contributed by atoms with Gasteiger partial charge in [0.2, 0.25) is 0 Å². The molecule has 0 spiro atoms. The van der Waals surface area contributed by atoms with Crippen molar-refractivity contribution >= 4 is 17.3 Å². The maximum atomic E-state index is 4.30. The first-order valence-corrected chi connectivity index (χ1v) is 4.34. The highest BCUT2D eigenvalue weighted by atomic mass is 32.2. The van der Waals surface area contributed by atoms with E-state index < -0.39 is 0 Å². The number of nitrogens with zero attached hydrogens (tertiary/aromatic N) is 1. The molecule has 1 heterocycles. The molecule has 1 nitrogen and oxygen atoms in total. The molecule has 2 atom stereocenters. The number of fused-ring (bicyclic) bond motifs is 1. The Hall–Kier alpha value is -0.500. The van der Waals surface area contributed by atoms with Gasteiger partial charge in [-0.3, -0.25) is 4.99 Å². The molecule has 0 fully saturated rings. The van der Waals surface area contributed by atoms with Crippen LogP contribution in [0.5, 0.6) is 0 Å². The quantitative estimate of drug-likeness (QED) is 0.516. The molecule has 0 radical (unpaired) electrons. The average molecular weight is 151 g/mol. The van der Waals surface area contributed by atoms with Crippen LogP contribution < -0.4 is 0 Å². The summed E-state index contributed by atoms with van der Waals surface area (Å²) in [4.78, 5) is 4.30. The molecule has 0 amide bonds. The molecular weight excluding hydrogens is 142 g/mol. The summed E-state index contributed by atoms with van der Waals surface area (Å²) in [5, 5.41) is 0.588. The van der Waals surface area contributed by atoms with Crippen molar-refractivity contribution in [1.29, 1.82) is 0 Å². The average Bonchev–Trinajstić information content (AvgIpc) is 2.33. The van der Waals surface area contributed by atoms with Crippen molar-refractivity contribution in [2.75, 3.05) is 0 Å². The van der Waals surface area contributed by atoms with Gasteiger partial charge in [0.1, 0.15) is 0 Å². The maximum absolute atomic E-state index is 4.30. The van der Waals surface area contributed by atoms with Crippen LogP contribution in [0, 0.1) is 0 Å². The summed E-state index contributed by atoms with van der Waals surface area (Å²) in [6, 6.07) is 0.425. The number of thioether (sulfide) groups is 1. The second-order valence-electron chi connectivity index (χ2n) is 2.62. The predicted octanol–water partition coefficient (Wildman–Crippen LogP) is 2.01. The third-order valence-corrected chi connectivity index (χ3v) is 2.74. The molecule has 0 aromatic heterocycles. The van der Waals surface area contributed by atoms with Crippen molar-refractivity contribution in [3.63, 3.8) is 0 Å². The summed E-state index contributed by atoms with van der Waals surface area (Å²) in [5.41, 5.74) is 3.31. The van der Waals surface area contributed by atoms with E-state index in [1.807, 2.05) is 17.3 Å². The van der Waals surface area contributed by atoms with Crippen LogP contribution in [-0.2, 0) is 0 Å². The highest BCUT2D eigenvalue weighted by molar-refractivity contribution is 8.13. The number of hydrogen-bond donors (Lipinski definition) is 0. The Kier molecular flexibility index (Phi) is 1.42. The topological polar surface area (TPSA) is 12.4 Å². The molecule has 0 aromatic rings. The van der Waals surface area contributed by atoms with E-state index in [0.29, 0.717) is 11.3 Å². The van der Waals surface area contributed by atoms with E-state index in [4.69, 9.17) is 0 Å². The number of allylic oxidation sites excluding steroid dienone is 2. The lowest BCUT2D eigenvalue weighted by molar-refractivity contribution is 0.856.